The minimum absolute atomic E-state index is 0.486. The molecule has 5 rings (SSSR count). The van der Waals surface area contributed by atoms with Crippen molar-refractivity contribution in [1.82, 2.24) is 9.55 Å². The summed E-state index contributed by atoms with van der Waals surface area (Å²) in [4.78, 5) is 4.90. The van der Waals surface area contributed by atoms with Crippen LogP contribution >= 0.6 is 11.6 Å². The van der Waals surface area contributed by atoms with Gasteiger partial charge in [0.25, 0.3) is 0 Å². The highest BCUT2D eigenvalue weighted by Crippen LogP contribution is 2.45. The lowest BCUT2D eigenvalue weighted by Gasteiger charge is -2.30. The predicted molar refractivity (Wildman–Crippen MR) is 131 cm³/mol. The second-order valence-electron chi connectivity index (χ2n) is 10.2. The lowest BCUT2D eigenvalue weighted by molar-refractivity contribution is 0.252. The van der Waals surface area contributed by atoms with Crippen molar-refractivity contribution in [3.63, 3.8) is 0 Å². The summed E-state index contributed by atoms with van der Waals surface area (Å²) < 4.78 is 2.39. The molecule has 0 amide bonds. The zero-order valence-electron chi connectivity index (χ0n) is 18.9. The van der Waals surface area contributed by atoms with E-state index in [2.05, 4.69) is 43.7 Å². The number of halogens is 1. The number of hydrogen-bond donors (Lipinski definition) is 1. The van der Waals surface area contributed by atoms with Gasteiger partial charge in [0.1, 0.15) is 0 Å². The number of fused-ring (bicyclic) bond motifs is 1. The Kier molecular flexibility index (Phi) is 5.50. The first-order valence-electron chi connectivity index (χ1n) is 12.0. The van der Waals surface area contributed by atoms with Gasteiger partial charge < -0.3 is 10.3 Å². The highest BCUT2D eigenvalue weighted by atomic mass is 35.5. The largest absolute Gasteiger partial charge is 0.396 e. The predicted octanol–water partition coefficient (Wildman–Crippen LogP) is 7.52. The van der Waals surface area contributed by atoms with Crippen LogP contribution in [0.1, 0.15) is 64.5 Å². The van der Waals surface area contributed by atoms with Crippen LogP contribution in [0.2, 0.25) is 5.02 Å². The first-order valence-corrected chi connectivity index (χ1v) is 12.4. The van der Waals surface area contributed by atoms with Gasteiger partial charge in [-0.1, -0.05) is 38.4 Å². The van der Waals surface area contributed by atoms with E-state index in [9.17, 15) is 0 Å². The van der Waals surface area contributed by atoms with Gasteiger partial charge in [-0.15, -0.1) is 0 Å². The van der Waals surface area contributed by atoms with Gasteiger partial charge in [0.05, 0.1) is 22.6 Å². The third kappa shape index (κ3) is 3.86. The number of rotatable bonds is 7. The smallest absolute Gasteiger partial charge is 0.0915 e. The van der Waals surface area contributed by atoms with E-state index >= 15 is 0 Å². The fraction of sp³-hybridized carbons (Fsp3) is 0.519. The number of nitrogen functional groups attached to an aromatic ring is 1. The van der Waals surface area contributed by atoms with Gasteiger partial charge in [0.15, 0.2) is 0 Å². The number of aromatic nitrogens is 2. The van der Waals surface area contributed by atoms with Crippen molar-refractivity contribution in [1.29, 1.82) is 0 Å². The van der Waals surface area contributed by atoms with E-state index in [1.54, 1.807) is 0 Å². The highest BCUT2D eigenvalue weighted by molar-refractivity contribution is 6.31. The number of nitrogens with two attached hydrogens (primary N) is 1. The van der Waals surface area contributed by atoms with Crippen molar-refractivity contribution in [3.05, 3.63) is 47.1 Å². The van der Waals surface area contributed by atoms with Crippen molar-refractivity contribution >= 4 is 28.2 Å². The average Bonchev–Trinajstić information content (AvgIpc) is 3.53. The molecule has 2 saturated carbocycles. The lowest BCUT2D eigenvalue weighted by atomic mass is 9.79. The molecule has 31 heavy (non-hydrogen) atoms. The van der Waals surface area contributed by atoms with E-state index in [0.717, 1.165) is 57.2 Å². The van der Waals surface area contributed by atoms with Gasteiger partial charge in [0, 0.05) is 22.6 Å². The minimum atomic E-state index is 0.486. The molecule has 0 radical (unpaired) electrons. The van der Waals surface area contributed by atoms with E-state index in [1.807, 2.05) is 18.2 Å². The zero-order valence-corrected chi connectivity index (χ0v) is 19.7. The Bertz CT molecular complexity index is 1080. The van der Waals surface area contributed by atoms with E-state index in [0.29, 0.717) is 12.0 Å². The normalized spacial score (nSPS) is 19.9. The maximum atomic E-state index is 6.66. The molecule has 164 valence electrons. The Balaban J connectivity index is 1.44. The molecule has 0 saturated heterocycles. The molecule has 1 aromatic carbocycles. The highest BCUT2D eigenvalue weighted by Gasteiger charge is 2.33. The summed E-state index contributed by atoms with van der Waals surface area (Å²) in [5.74, 6) is 3.19. The molecule has 0 aliphatic heterocycles. The first kappa shape index (κ1) is 20.9. The SMILES string of the molecule is CC(Cc1ccc(-c2c(N)c3ccc(Cl)cc3n2C2CCC2)nc1)C(C)C(C)C1CC1. The van der Waals surface area contributed by atoms with Gasteiger partial charge in [-0.2, -0.15) is 0 Å². The standard InChI is InChI=1S/C27H34ClN3/c1-16(17(2)18(3)20-8-9-20)13-19-7-12-24(30-15-19)27-26(29)23-11-10-21(28)14-25(23)31(27)22-5-4-6-22/h7,10-12,14-18,20,22H,4-6,8-9,13,29H2,1-3H3. The Labute approximate surface area is 191 Å². The maximum absolute atomic E-state index is 6.66. The van der Waals surface area contributed by atoms with Crippen LogP contribution in [-0.2, 0) is 6.42 Å². The van der Waals surface area contributed by atoms with E-state index in [1.165, 1.54) is 37.7 Å². The van der Waals surface area contributed by atoms with Crippen LogP contribution in [0.25, 0.3) is 22.3 Å². The molecule has 0 spiro atoms. The summed E-state index contributed by atoms with van der Waals surface area (Å²) in [5.41, 5.74) is 11.9. The van der Waals surface area contributed by atoms with Gasteiger partial charge in [-0.05, 0) is 92.0 Å². The molecule has 2 fully saturated rings. The maximum Gasteiger partial charge on any atom is 0.0915 e. The Morgan fingerprint density at radius 2 is 1.87 bits per heavy atom. The summed E-state index contributed by atoms with van der Waals surface area (Å²) in [5, 5.41) is 1.83. The van der Waals surface area contributed by atoms with Gasteiger partial charge in [-0.3, -0.25) is 4.98 Å². The van der Waals surface area contributed by atoms with E-state index < -0.39 is 0 Å². The molecule has 0 bridgehead atoms. The zero-order chi connectivity index (χ0) is 21.7. The van der Waals surface area contributed by atoms with Crippen LogP contribution in [0, 0.1) is 23.7 Å². The summed E-state index contributed by atoms with van der Waals surface area (Å²) in [6.45, 7) is 7.26. The number of nitrogens with zero attached hydrogens (tertiary/aromatic N) is 2. The molecule has 2 N–H and O–H groups in total. The molecule has 3 nitrogen and oxygen atoms in total. The van der Waals surface area contributed by atoms with Crippen LogP contribution in [0.3, 0.4) is 0 Å². The molecular formula is C27H34ClN3. The molecule has 2 heterocycles. The summed E-state index contributed by atoms with van der Waals surface area (Å²) >= 11 is 6.33. The molecular weight excluding hydrogens is 402 g/mol. The van der Waals surface area contributed by atoms with Crippen LogP contribution in [-0.4, -0.2) is 9.55 Å². The third-order valence-corrected chi connectivity index (χ3v) is 8.40. The van der Waals surface area contributed by atoms with Crippen molar-refractivity contribution < 1.29 is 0 Å². The van der Waals surface area contributed by atoms with Crippen molar-refractivity contribution in [3.8, 4) is 11.4 Å². The molecule has 3 unspecified atom stereocenters. The van der Waals surface area contributed by atoms with Crippen molar-refractivity contribution in [2.24, 2.45) is 23.7 Å². The second-order valence-corrected chi connectivity index (χ2v) is 10.6. The number of benzene rings is 1. The van der Waals surface area contributed by atoms with Crippen molar-refractivity contribution in [2.45, 2.75) is 65.3 Å². The summed E-state index contributed by atoms with van der Waals surface area (Å²) in [6, 6.07) is 10.9. The van der Waals surface area contributed by atoms with Crippen LogP contribution < -0.4 is 5.73 Å². The molecule has 2 aliphatic rings. The average molecular weight is 436 g/mol. The Morgan fingerprint density at radius 3 is 2.48 bits per heavy atom. The molecule has 3 aromatic rings. The van der Waals surface area contributed by atoms with Crippen molar-refractivity contribution in [2.75, 3.05) is 5.73 Å². The molecule has 3 atom stereocenters. The second kappa shape index (κ2) is 8.16. The number of pyridine rings is 1. The van der Waals surface area contributed by atoms with Gasteiger partial charge in [-0.25, -0.2) is 0 Å². The van der Waals surface area contributed by atoms with Crippen LogP contribution in [0.15, 0.2) is 36.5 Å². The van der Waals surface area contributed by atoms with Gasteiger partial charge >= 0.3 is 0 Å². The van der Waals surface area contributed by atoms with Crippen LogP contribution in [0.5, 0.6) is 0 Å². The third-order valence-electron chi connectivity index (χ3n) is 8.16. The Morgan fingerprint density at radius 1 is 1.10 bits per heavy atom. The summed E-state index contributed by atoms with van der Waals surface area (Å²) in [7, 11) is 0. The van der Waals surface area contributed by atoms with Crippen LogP contribution in [0.4, 0.5) is 5.69 Å². The molecule has 4 heteroatoms. The van der Waals surface area contributed by atoms with E-state index in [-0.39, 0.29) is 0 Å². The lowest BCUT2D eigenvalue weighted by Crippen LogP contribution is -2.20. The Hall–Kier alpha value is -2.00. The first-order chi connectivity index (χ1) is 14.9. The molecule has 2 aliphatic carbocycles. The quantitative estimate of drug-likeness (QED) is 0.416. The summed E-state index contributed by atoms with van der Waals surface area (Å²) in [6.07, 6.45) is 9.65. The minimum Gasteiger partial charge on any atom is -0.396 e. The molecule has 2 aromatic heterocycles. The monoisotopic (exact) mass is 435 g/mol. The topological polar surface area (TPSA) is 43.8 Å². The fourth-order valence-corrected chi connectivity index (χ4v) is 5.57. The number of anilines is 1. The van der Waals surface area contributed by atoms with E-state index in [4.69, 9.17) is 22.3 Å². The number of hydrogen-bond acceptors (Lipinski definition) is 2. The van der Waals surface area contributed by atoms with Gasteiger partial charge in [0.2, 0.25) is 0 Å². The fourth-order valence-electron chi connectivity index (χ4n) is 5.41.